The molecule has 0 saturated heterocycles. The highest BCUT2D eigenvalue weighted by atomic mass is 16.5. The Morgan fingerprint density at radius 3 is 2.88 bits per heavy atom. The van der Waals surface area contributed by atoms with Crippen LogP contribution in [0.5, 0.6) is 5.75 Å². The van der Waals surface area contributed by atoms with Gasteiger partial charge in [0.05, 0.1) is 6.54 Å². The molecule has 1 aromatic carbocycles. The normalized spacial score (nSPS) is 17.0. The number of pyridine rings is 1. The van der Waals surface area contributed by atoms with Crippen molar-refractivity contribution in [1.29, 1.82) is 0 Å². The van der Waals surface area contributed by atoms with Crippen LogP contribution in [0.3, 0.4) is 0 Å². The predicted molar refractivity (Wildman–Crippen MR) is 94.9 cm³/mol. The highest BCUT2D eigenvalue weighted by molar-refractivity contribution is 5.76. The zero-order valence-corrected chi connectivity index (χ0v) is 14.3. The summed E-state index contributed by atoms with van der Waals surface area (Å²) in [5, 5.41) is 3.01. The molecule has 0 unspecified atom stereocenters. The smallest absolute Gasteiger partial charge is 0.220 e. The second-order valence-electron chi connectivity index (χ2n) is 6.50. The van der Waals surface area contributed by atoms with Crippen molar-refractivity contribution < 1.29 is 9.53 Å². The van der Waals surface area contributed by atoms with E-state index < -0.39 is 0 Å². The molecule has 0 aliphatic carbocycles. The molecule has 1 aromatic heterocycles. The molecule has 24 heavy (non-hydrogen) atoms. The fourth-order valence-electron chi connectivity index (χ4n) is 2.97. The third kappa shape index (κ3) is 3.75. The van der Waals surface area contributed by atoms with Crippen LogP contribution in [0.4, 0.5) is 0 Å². The molecule has 0 spiro atoms. The molecule has 3 rings (SSSR count). The first-order valence-electron chi connectivity index (χ1n) is 8.63. The van der Waals surface area contributed by atoms with Crippen molar-refractivity contribution in [3.63, 3.8) is 0 Å². The summed E-state index contributed by atoms with van der Waals surface area (Å²) in [7, 11) is 0. The number of nitrogens with zero attached hydrogens (tertiary/aromatic N) is 1. The van der Waals surface area contributed by atoms with E-state index in [0.717, 1.165) is 29.7 Å². The largest absolute Gasteiger partial charge is 0.487 e. The van der Waals surface area contributed by atoms with Crippen LogP contribution < -0.4 is 10.1 Å². The van der Waals surface area contributed by atoms with E-state index in [1.54, 1.807) is 12.4 Å². The minimum Gasteiger partial charge on any atom is -0.487 e. The molecule has 1 amide bonds. The summed E-state index contributed by atoms with van der Waals surface area (Å²) in [5.41, 5.74) is 3.39. The number of carbonyl (C=O) groups is 1. The summed E-state index contributed by atoms with van der Waals surface area (Å²) in [6.45, 7) is 4.76. The summed E-state index contributed by atoms with van der Waals surface area (Å²) in [4.78, 5) is 16.0. The van der Waals surface area contributed by atoms with E-state index in [4.69, 9.17) is 4.74 Å². The first-order valence-corrected chi connectivity index (χ1v) is 8.63. The number of hydrogen-bond donors (Lipinski definition) is 1. The van der Waals surface area contributed by atoms with Crippen LogP contribution in [0.2, 0.25) is 0 Å². The molecule has 0 fully saturated rings. The summed E-state index contributed by atoms with van der Waals surface area (Å²) in [6.07, 6.45) is 6.01. The van der Waals surface area contributed by atoms with E-state index in [-0.39, 0.29) is 12.0 Å². The maximum atomic E-state index is 12.0. The zero-order valence-electron chi connectivity index (χ0n) is 14.3. The fourth-order valence-corrected chi connectivity index (χ4v) is 2.97. The average Bonchev–Trinajstić information content (AvgIpc) is 3.03. The molecule has 4 nitrogen and oxygen atoms in total. The molecule has 4 heteroatoms. The minimum absolute atomic E-state index is 0.00358. The summed E-state index contributed by atoms with van der Waals surface area (Å²) in [5.74, 6) is 1.47. The van der Waals surface area contributed by atoms with Gasteiger partial charge in [0.25, 0.3) is 0 Å². The van der Waals surface area contributed by atoms with Gasteiger partial charge >= 0.3 is 0 Å². The van der Waals surface area contributed by atoms with Crippen molar-refractivity contribution in [1.82, 2.24) is 10.3 Å². The Bertz CT molecular complexity index is 700. The van der Waals surface area contributed by atoms with Gasteiger partial charge in [-0.15, -0.1) is 0 Å². The molecule has 1 aliphatic rings. The van der Waals surface area contributed by atoms with Gasteiger partial charge in [-0.2, -0.15) is 0 Å². The van der Waals surface area contributed by atoms with Gasteiger partial charge in [-0.25, -0.2) is 0 Å². The zero-order chi connectivity index (χ0) is 16.9. The first kappa shape index (κ1) is 16.5. The third-order valence-electron chi connectivity index (χ3n) is 4.58. The molecule has 2 heterocycles. The number of carbonyl (C=O) groups excluding carboxylic acids is 1. The number of benzene rings is 1. The lowest BCUT2D eigenvalue weighted by molar-refractivity contribution is -0.122. The van der Waals surface area contributed by atoms with Gasteiger partial charge in [-0.1, -0.05) is 38.5 Å². The third-order valence-corrected chi connectivity index (χ3v) is 4.58. The highest BCUT2D eigenvalue weighted by Gasteiger charge is 2.26. The Balaban J connectivity index is 1.64. The van der Waals surface area contributed by atoms with Crippen molar-refractivity contribution in [2.24, 2.45) is 5.92 Å². The summed E-state index contributed by atoms with van der Waals surface area (Å²) in [6, 6.07) is 10.2. The Morgan fingerprint density at radius 1 is 1.33 bits per heavy atom. The van der Waals surface area contributed by atoms with Gasteiger partial charge in [-0.3, -0.25) is 9.78 Å². The maximum Gasteiger partial charge on any atom is 0.220 e. The van der Waals surface area contributed by atoms with Crippen LogP contribution in [0.15, 0.2) is 42.7 Å². The fraction of sp³-hybridized carbons (Fsp3) is 0.400. The number of hydrogen-bond acceptors (Lipinski definition) is 3. The van der Waals surface area contributed by atoms with Crippen LogP contribution in [-0.4, -0.2) is 23.5 Å². The molecule has 2 aromatic rings. The average molecular weight is 324 g/mol. The molecule has 0 radical (unpaired) electrons. The second kappa shape index (κ2) is 7.47. The van der Waals surface area contributed by atoms with E-state index in [1.165, 1.54) is 5.56 Å². The SMILES string of the molecule is CC[C@H](C)CC(=O)NC[C@H]1Cc2cccc(-c3ccncc3)c2O1. The lowest BCUT2D eigenvalue weighted by Gasteiger charge is -2.14. The van der Waals surface area contributed by atoms with Crippen LogP contribution in [0, 0.1) is 5.92 Å². The molecule has 126 valence electrons. The van der Waals surface area contributed by atoms with Crippen molar-refractivity contribution >= 4 is 5.91 Å². The molecular weight excluding hydrogens is 300 g/mol. The molecular formula is C20H24N2O2. The highest BCUT2D eigenvalue weighted by Crippen LogP contribution is 2.38. The lowest BCUT2D eigenvalue weighted by Crippen LogP contribution is -2.35. The van der Waals surface area contributed by atoms with E-state index in [2.05, 4.69) is 42.3 Å². The second-order valence-corrected chi connectivity index (χ2v) is 6.50. The van der Waals surface area contributed by atoms with E-state index >= 15 is 0 Å². The number of amides is 1. The first-order chi connectivity index (χ1) is 11.7. The van der Waals surface area contributed by atoms with Crippen LogP contribution in [0.1, 0.15) is 32.3 Å². The minimum atomic E-state index is 0.00358. The van der Waals surface area contributed by atoms with E-state index in [0.29, 0.717) is 18.9 Å². The number of nitrogens with one attached hydrogen (secondary N) is 1. The molecule has 2 atom stereocenters. The molecule has 0 saturated carbocycles. The molecule has 1 N–H and O–H groups in total. The summed E-state index contributed by atoms with van der Waals surface area (Å²) < 4.78 is 6.14. The Morgan fingerprint density at radius 2 is 2.12 bits per heavy atom. The maximum absolute atomic E-state index is 12.0. The van der Waals surface area contributed by atoms with Crippen molar-refractivity contribution in [2.45, 2.75) is 39.2 Å². The number of aromatic nitrogens is 1. The van der Waals surface area contributed by atoms with Gasteiger partial charge in [-0.05, 0) is 29.2 Å². The lowest BCUT2D eigenvalue weighted by atomic mass is 10.0. The van der Waals surface area contributed by atoms with Crippen LogP contribution in [0.25, 0.3) is 11.1 Å². The molecule has 1 aliphatic heterocycles. The van der Waals surface area contributed by atoms with Gasteiger partial charge in [0, 0.05) is 30.8 Å². The van der Waals surface area contributed by atoms with Crippen molar-refractivity contribution in [2.75, 3.05) is 6.54 Å². The Hall–Kier alpha value is -2.36. The van der Waals surface area contributed by atoms with E-state index in [1.807, 2.05) is 12.1 Å². The Labute approximate surface area is 143 Å². The van der Waals surface area contributed by atoms with Crippen molar-refractivity contribution in [3.05, 3.63) is 48.3 Å². The predicted octanol–water partition coefficient (Wildman–Crippen LogP) is 3.60. The Kier molecular flexibility index (Phi) is 5.14. The standard InChI is InChI=1S/C20H24N2O2/c1-3-14(2)11-19(23)22-13-17-12-16-5-4-6-18(20(16)24-17)15-7-9-21-10-8-15/h4-10,14,17H,3,11-13H2,1-2H3,(H,22,23)/t14-,17+/m0/s1. The topological polar surface area (TPSA) is 51.2 Å². The van der Waals surface area contributed by atoms with E-state index in [9.17, 15) is 4.79 Å². The van der Waals surface area contributed by atoms with Gasteiger partial charge in [0.2, 0.25) is 5.91 Å². The quantitative estimate of drug-likeness (QED) is 0.883. The number of ether oxygens (including phenoxy) is 1. The van der Waals surface area contributed by atoms with Crippen LogP contribution >= 0.6 is 0 Å². The monoisotopic (exact) mass is 324 g/mol. The van der Waals surface area contributed by atoms with Crippen molar-refractivity contribution in [3.8, 4) is 16.9 Å². The van der Waals surface area contributed by atoms with Gasteiger partial charge < -0.3 is 10.1 Å². The molecule has 0 bridgehead atoms. The number of fused-ring (bicyclic) bond motifs is 1. The van der Waals surface area contributed by atoms with Gasteiger partial charge in [0.1, 0.15) is 11.9 Å². The number of rotatable bonds is 6. The summed E-state index contributed by atoms with van der Waals surface area (Å²) >= 11 is 0. The number of para-hydroxylation sites is 1. The van der Waals surface area contributed by atoms with Crippen LogP contribution in [-0.2, 0) is 11.2 Å². The van der Waals surface area contributed by atoms with Gasteiger partial charge in [0.15, 0.2) is 0 Å².